The van der Waals surface area contributed by atoms with E-state index in [2.05, 4.69) is 0 Å². The fourth-order valence-electron chi connectivity index (χ4n) is 2.49. The van der Waals surface area contributed by atoms with Crippen LogP contribution in [0.4, 0.5) is 4.79 Å². The number of aliphatic carboxylic acids is 1. The molecule has 5 nitrogen and oxygen atoms in total. The zero-order valence-electron chi connectivity index (χ0n) is 11.6. The lowest BCUT2D eigenvalue weighted by Crippen LogP contribution is -2.54. The van der Waals surface area contributed by atoms with Gasteiger partial charge in [-0.1, -0.05) is 27.7 Å². The summed E-state index contributed by atoms with van der Waals surface area (Å²) in [5, 5.41) is 18.7. The third kappa shape index (κ3) is 2.60. The highest BCUT2D eigenvalue weighted by Crippen LogP contribution is 2.40. The van der Waals surface area contributed by atoms with Gasteiger partial charge in [0.2, 0.25) is 0 Å². The number of hydrogen-bond donors (Lipinski definition) is 2. The third-order valence-corrected chi connectivity index (χ3v) is 4.24. The maximum atomic E-state index is 11.6. The Morgan fingerprint density at radius 1 is 1.33 bits per heavy atom. The Hall–Kier alpha value is -1.26. The van der Waals surface area contributed by atoms with E-state index in [0.29, 0.717) is 25.8 Å². The number of nitrogens with zero attached hydrogens (tertiary/aromatic N) is 1. The molecule has 0 spiro atoms. The molecule has 0 aromatic heterocycles. The summed E-state index contributed by atoms with van der Waals surface area (Å²) in [4.78, 5) is 23.9. The lowest BCUT2D eigenvalue weighted by atomic mass is 9.73. The molecule has 5 heteroatoms. The van der Waals surface area contributed by atoms with Crippen molar-refractivity contribution in [3.8, 4) is 0 Å². The molecule has 18 heavy (non-hydrogen) atoms. The van der Waals surface area contributed by atoms with Crippen LogP contribution in [0.5, 0.6) is 0 Å². The minimum atomic E-state index is -1.24. The smallest absolute Gasteiger partial charge is 0.408 e. The number of carboxylic acids is 1. The molecular formula is C13H23NO4. The Balaban J connectivity index is 3.02. The molecule has 2 atom stereocenters. The van der Waals surface area contributed by atoms with Crippen LogP contribution in [-0.2, 0) is 4.79 Å². The molecule has 1 rings (SSSR count). The van der Waals surface area contributed by atoms with Crippen molar-refractivity contribution in [2.75, 3.05) is 6.54 Å². The van der Waals surface area contributed by atoms with Crippen molar-refractivity contribution in [1.29, 1.82) is 0 Å². The average Bonchev–Trinajstić information content (AvgIpc) is 2.61. The van der Waals surface area contributed by atoms with Crippen LogP contribution in [0, 0.1) is 11.3 Å². The van der Waals surface area contributed by atoms with Crippen LogP contribution >= 0.6 is 0 Å². The van der Waals surface area contributed by atoms with E-state index in [1.165, 1.54) is 0 Å². The van der Waals surface area contributed by atoms with Gasteiger partial charge in [-0.15, -0.1) is 0 Å². The maximum absolute atomic E-state index is 11.6. The van der Waals surface area contributed by atoms with Crippen molar-refractivity contribution >= 4 is 12.1 Å². The summed E-state index contributed by atoms with van der Waals surface area (Å²) in [5.41, 5.74) is -1.27. The Morgan fingerprint density at radius 2 is 1.89 bits per heavy atom. The lowest BCUT2D eigenvalue weighted by Gasteiger charge is -2.38. The molecule has 1 aliphatic heterocycles. The Morgan fingerprint density at radius 3 is 2.28 bits per heavy atom. The number of likely N-dealkylation sites (tertiary alicyclic amines) is 1. The molecule has 0 unspecified atom stereocenters. The van der Waals surface area contributed by atoms with E-state index < -0.39 is 17.6 Å². The van der Waals surface area contributed by atoms with Gasteiger partial charge in [0, 0.05) is 6.54 Å². The maximum Gasteiger partial charge on any atom is 0.408 e. The van der Waals surface area contributed by atoms with Gasteiger partial charge in [-0.3, -0.25) is 4.90 Å². The molecule has 0 saturated carbocycles. The van der Waals surface area contributed by atoms with E-state index in [-0.39, 0.29) is 11.3 Å². The molecule has 1 amide bonds. The minimum absolute atomic E-state index is 0.0325. The number of rotatable bonds is 3. The molecule has 0 aliphatic carbocycles. The van der Waals surface area contributed by atoms with Crippen molar-refractivity contribution in [2.45, 2.75) is 52.5 Å². The van der Waals surface area contributed by atoms with Crippen LogP contribution in [0.25, 0.3) is 0 Å². The monoisotopic (exact) mass is 257 g/mol. The summed E-state index contributed by atoms with van der Waals surface area (Å²) in [6.45, 7) is 8.45. The molecule has 1 fully saturated rings. The summed E-state index contributed by atoms with van der Waals surface area (Å²) in [5.74, 6) is -0.882. The van der Waals surface area contributed by atoms with Gasteiger partial charge in [-0.25, -0.2) is 9.59 Å². The van der Waals surface area contributed by atoms with Gasteiger partial charge in [-0.05, 0) is 30.6 Å². The molecular weight excluding hydrogens is 234 g/mol. The van der Waals surface area contributed by atoms with Gasteiger partial charge in [0.25, 0.3) is 0 Å². The first-order valence-electron chi connectivity index (χ1n) is 6.35. The topological polar surface area (TPSA) is 77.8 Å². The van der Waals surface area contributed by atoms with Crippen molar-refractivity contribution in [1.82, 2.24) is 4.90 Å². The minimum Gasteiger partial charge on any atom is -0.479 e. The largest absolute Gasteiger partial charge is 0.479 e. The Labute approximate surface area is 108 Å². The van der Waals surface area contributed by atoms with Crippen molar-refractivity contribution in [3.63, 3.8) is 0 Å². The third-order valence-electron chi connectivity index (χ3n) is 4.24. The summed E-state index contributed by atoms with van der Waals surface area (Å²) >= 11 is 0. The van der Waals surface area contributed by atoms with Crippen LogP contribution < -0.4 is 0 Å². The van der Waals surface area contributed by atoms with Gasteiger partial charge in [-0.2, -0.15) is 0 Å². The number of carboxylic acid groups (broad SMARTS) is 2. The van der Waals surface area contributed by atoms with Gasteiger partial charge < -0.3 is 10.2 Å². The second-order valence-corrected chi connectivity index (χ2v) is 6.35. The van der Waals surface area contributed by atoms with E-state index in [1.54, 1.807) is 0 Å². The van der Waals surface area contributed by atoms with Crippen molar-refractivity contribution in [3.05, 3.63) is 0 Å². The highest BCUT2D eigenvalue weighted by atomic mass is 16.4. The fraction of sp³-hybridized carbons (Fsp3) is 0.846. The van der Waals surface area contributed by atoms with Crippen LogP contribution in [0.2, 0.25) is 0 Å². The summed E-state index contributed by atoms with van der Waals surface area (Å²) in [7, 11) is 0. The van der Waals surface area contributed by atoms with E-state index in [1.807, 2.05) is 27.7 Å². The first-order valence-corrected chi connectivity index (χ1v) is 6.35. The predicted octanol–water partition coefficient (Wildman–Crippen LogP) is 2.66. The molecule has 1 saturated heterocycles. The summed E-state index contributed by atoms with van der Waals surface area (Å²) in [6.07, 6.45) is 0.277. The van der Waals surface area contributed by atoms with E-state index >= 15 is 0 Å². The summed E-state index contributed by atoms with van der Waals surface area (Å²) < 4.78 is 0. The standard InChI is InChI=1S/C13H23NO4/c1-9(12(2,3)4)8-13(10(15)16)6-5-7-14(13)11(17)18/h9H,5-8H2,1-4H3,(H,15,16)(H,17,18)/t9-,13-/m0/s1. The first-order chi connectivity index (χ1) is 8.11. The van der Waals surface area contributed by atoms with Crippen molar-refractivity contribution in [2.24, 2.45) is 11.3 Å². The second-order valence-electron chi connectivity index (χ2n) is 6.35. The SMILES string of the molecule is C[C@@H](C[C@]1(C(=O)O)CCCN1C(=O)O)C(C)(C)C. The van der Waals surface area contributed by atoms with Gasteiger partial charge in [0.15, 0.2) is 0 Å². The molecule has 2 N–H and O–H groups in total. The van der Waals surface area contributed by atoms with Crippen LogP contribution in [0.3, 0.4) is 0 Å². The molecule has 0 bridgehead atoms. The summed E-state index contributed by atoms with van der Waals surface area (Å²) in [6, 6.07) is 0. The molecule has 1 aliphatic rings. The lowest BCUT2D eigenvalue weighted by molar-refractivity contribution is -0.150. The Bertz CT molecular complexity index is 347. The zero-order valence-corrected chi connectivity index (χ0v) is 11.6. The number of hydrogen-bond acceptors (Lipinski definition) is 2. The van der Waals surface area contributed by atoms with Crippen LogP contribution in [-0.4, -0.2) is 39.3 Å². The zero-order chi connectivity index (χ0) is 14.1. The normalized spacial score (nSPS) is 26.1. The van der Waals surface area contributed by atoms with E-state index in [4.69, 9.17) is 0 Å². The van der Waals surface area contributed by atoms with Crippen molar-refractivity contribution < 1.29 is 19.8 Å². The number of amides is 1. The quantitative estimate of drug-likeness (QED) is 0.814. The van der Waals surface area contributed by atoms with Gasteiger partial charge in [0.1, 0.15) is 5.54 Å². The average molecular weight is 257 g/mol. The van der Waals surface area contributed by atoms with Gasteiger partial charge in [0.05, 0.1) is 0 Å². The van der Waals surface area contributed by atoms with Crippen LogP contribution in [0.15, 0.2) is 0 Å². The Kier molecular flexibility index (Phi) is 3.93. The predicted molar refractivity (Wildman–Crippen MR) is 67.6 cm³/mol. The van der Waals surface area contributed by atoms with E-state index in [9.17, 15) is 19.8 Å². The first kappa shape index (κ1) is 14.8. The van der Waals surface area contributed by atoms with Crippen LogP contribution in [0.1, 0.15) is 47.0 Å². The number of carbonyl (C=O) groups is 2. The molecule has 1 heterocycles. The van der Waals surface area contributed by atoms with E-state index in [0.717, 1.165) is 4.90 Å². The molecule has 0 aromatic carbocycles. The fourth-order valence-corrected chi connectivity index (χ4v) is 2.49. The molecule has 0 radical (unpaired) electrons. The van der Waals surface area contributed by atoms with Gasteiger partial charge >= 0.3 is 12.1 Å². The highest BCUT2D eigenvalue weighted by molar-refractivity contribution is 5.84. The molecule has 104 valence electrons. The molecule has 0 aromatic rings. The second kappa shape index (κ2) is 4.78. The highest BCUT2D eigenvalue weighted by Gasteiger charge is 2.51.